The van der Waals surface area contributed by atoms with E-state index in [0.29, 0.717) is 0 Å². The summed E-state index contributed by atoms with van der Waals surface area (Å²) in [4.78, 5) is 0. The first-order valence-corrected chi connectivity index (χ1v) is 4.39. The Kier molecular flexibility index (Phi) is 19.4. The van der Waals surface area contributed by atoms with Crippen LogP contribution in [-0.4, -0.2) is 45.6 Å². The summed E-state index contributed by atoms with van der Waals surface area (Å²) in [6.07, 6.45) is 0. The van der Waals surface area contributed by atoms with Crippen LogP contribution < -0.4 is 29.6 Å². The second-order valence-electron chi connectivity index (χ2n) is 0.896. The summed E-state index contributed by atoms with van der Waals surface area (Å²) in [6, 6.07) is 0. The molecule has 0 bridgehead atoms. The zero-order valence-corrected chi connectivity index (χ0v) is 9.77. The third kappa shape index (κ3) is 3300. The Morgan fingerprint density at radius 3 is 0.692 bits per heavy atom. The molecule has 0 rings (SSSR count). The Bertz CT molecular complexity index is 214. The molecule has 0 aliphatic rings. The first-order valence-electron chi connectivity index (χ1n) is 1.60. The molecule has 0 saturated heterocycles. The average Bonchev–Trinajstić information content (AvgIpc) is 1.59. The van der Waals surface area contributed by atoms with E-state index < -0.39 is 20.8 Å². The summed E-state index contributed by atoms with van der Waals surface area (Å²) in [5.41, 5.74) is 0. The fourth-order valence-electron chi connectivity index (χ4n) is 0. The predicted octanol–water partition coefficient (Wildman–Crippen LogP) is -4.17. The van der Waals surface area contributed by atoms with E-state index in [1.807, 2.05) is 0 Å². The maximum absolute atomic E-state index is 8.74. The van der Waals surface area contributed by atoms with E-state index in [-0.39, 0.29) is 31.0 Å². The van der Waals surface area contributed by atoms with Crippen molar-refractivity contribution in [1.29, 1.82) is 0 Å². The summed E-state index contributed by atoms with van der Waals surface area (Å²) in [5, 5.41) is 12.0. The minimum absolute atomic E-state index is 0. The van der Waals surface area contributed by atoms with Gasteiger partial charge in [-0.1, -0.05) is 0 Å². The van der Waals surface area contributed by atoms with E-state index in [0.717, 1.165) is 0 Å². The van der Waals surface area contributed by atoms with Gasteiger partial charge in [-0.3, -0.25) is 28.7 Å². The zero-order valence-electron chi connectivity index (χ0n) is 7.13. The molecule has 10 nitrogen and oxygen atoms in total. The van der Waals surface area contributed by atoms with Crippen molar-refractivity contribution in [1.82, 2.24) is 0 Å². The van der Waals surface area contributed by atoms with Crippen molar-refractivity contribution in [2.75, 3.05) is 0 Å². The largest absolute Gasteiger partial charge is 1.00 e. The molecular weight excluding hydrogens is 247 g/mol. The smallest absolute Gasteiger partial charge is 1.00 e. The summed E-state index contributed by atoms with van der Waals surface area (Å²) in [6.45, 7) is 0. The molecular formula is H7NaO10S2. The molecule has 0 aliphatic heterocycles. The third-order valence-electron chi connectivity index (χ3n) is 0. The molecule has 0 aromatic carbocycles. The van der Waals surface area contributed by atoms with E-state index in [1.165, 1.54) is 0 Å². The molecule has 0 fully saturated rings. The van der Waals surface area contributed by atoms with Crippen molar-refractivity contribution in [3.8, 4) is 0 Å². The Hall–Kier alpha value is 0.660. The molecule has 0 amide bonds. The van der Waals surface area contributed by atoms with Crippen molar-refractivity contribution in [2.45, 2.75) is 0 Å². The zero-order chi connectivity index (χ0) is 11.0. The fourth-order valence-corrected chi connectivity index (χ4v) is 0. The molecule has 0 aliphatic carbocycles. The molecule has 13 heavy (non-hydrogen) atoms. The van der Waals surface area contributed by atoms with Crippen LogP contribution in [0.25, 0.3) is 0 Å². The Labute approximate surface area is 97.1 Å². The van der Waals surface area contributed by atoms with Crippen LogP contribution in [0.1, 0.15) is 1.43 Å². The Morgan fingerprint density at radius 1 is 0.692 bits per heavy atom. The standard InChI is InChI=1S/Na.2H2O4S.H2O2.H/c;2*1-5(2,3)4;1-2;/h;2*(H2,1,2,3,4);1-2H;/q+1;;;;-1. The first-order chi connectivity index (χ1) is 5.00. The second-order valence-corrected chi connectivity index (χ2v) is 2.69. The topological polar surface area (TPSA) is 190 Å². The second kappa shape index (κ2) is 10.7. The predicted molar refractivity (Wildman–Crippen MR) is 34.7 cm³/mol. The summed E-state index contributed by atoms with van der Waals surface area (Å²) in [7, 11) is -9.33. The molecule has 0 aromatic heterocycles. The van der Waals surface area contributed by atoms with Gasteiger partial charge < -0.3 is 1.43 Å². The number of hydrogen-bond acceptors (Lipinski definition) is 6. The number of rotatable bonds is 0. The summed E-state index contributed by atoms with van der Waals surface area (Å²) >= 11 is 0. The maximum atomic E-state index is 8.74. The quantitative estimate of drug-likeness (QED) is 0.107. The van der Waals surface area contributed by atoms with E-state index >= 15 is 0 Å². The van der Waals surface area contributed by atoms with E-state index in [9.17, 15) is 0 Å². The van der Waals surface area contributed by atoms with Gasteiger partial charge in [0.25, 0.3) is 0 Å². The van der Waals surface area contributed by atoms with E-state index in [2.05, 4.69) is 0 Å². The molecule has 0 aromatic rings. The van der Waals surface area contributed by atoms with Crippen LogP contribution in [0.15, 0.2) is 0 Å². The van der Waals surface area contributed by atoms with Crippen molar-refractivity contribution >= 4 is 20.8 Å². The molecule has 0 unspecified atom stereocenters. The van der Waals surface area contributed by atoms with E-state index in [1.54, 1.807) is 0 Å². The van der Waals surface area contributed by atoms with Gasteiger partial charge in [0.15, 0.2) is 0 Å². The molecule has 0 spiro atoms. The fraction of sp³-hybridized carbons (Fsp3) is 0. The number of hydrogen-bond donors (Lipinski definition) is 6. The SMILES string of the molecule is O=S(=O)(O)O.O=S(=O)(O)O.OO.[H-].[Na+]. The van der Waals surface area contributed by atoms with Crippen molar-refractivity contribution in [2.24, 2.45) is 0 Å². The molecule has 80 valence electrons. The van der Waals surface area contributed by atoms with Gasteiger partial charge >= 0.3 is 50.4 Å². The molecule has 0 heterocycles. The van der Waals surface area contributed by atoms with Crippen LogP contribution in [0.4, 0.5) is 0 Å². The van der Waals surface area contributed by atoms with Gasteiger partial charge in [0.05, 0.1) is 0 Å². The Balaban J connectivity index is -0.0000000292. The third-order valence-corrected chi connectivity index (χ3v) is 0. The minimum atomic E-state index is -4.67. The maximum Gasteiger partial charge on any atom is 1.00 e. The van der Waals surface area contributed by atoms with Gasteiger partial charge in [-0.25, -0.2) is 0 Å². The van der Waals surface area contributed by atoms with Gasteiger partial charge in [-0.15, -0.1) is 0 Å². The van der Waals surface area contributed by atoms with Crippen molar-refractivity contribution in [3.05, 3.63) is 0 Å². The van der Waals surface area contributed by atoms with Gasteiger partial charge in [-0.2, -0.15) is 16.8 Å². The monoisotopic (exact) mass is 254 g/mol. The molecule has 13 heteroatoms. The van der Waals surface area contributed by atoms with Gasteiger partial charge in [0, 0.05) is 0 Å². The molecule has 0 saturated carbocycles. The molecule has 6 N–H and O–H groups in total. The van der Waals surface area contributed by atoms with Crippen LogP contribution >= 0.6 is 0 Å². The Morgan fingerprint density at radius 2 is 0.692 bits per heavy atom. The van der Waals surface area contributed by atoms with Gasteiger partial charge in [0.1, 0.15) is 0 Å². The minimum Gasteiger partial charge on any atom is -1.00 e. The van der Waals surface area contributed by atoms with Crippen LogP contribution in [0, 0.1) is 0 Å². The van der Waals surface area contributed by atoms with Crippen LogP contribution in [-0.2, 0) is 20.8 Å². The first kappa shape index (κ1) is 23.5. The van der Waals surface area contributed by atoms with Crippen molar-refractivity contribution in [3.63, 3.8) is 0 Å². The molecule has 0 atom stereocenters. The van der Waals surface area contributed by atoms with Crippen molar-refractivity contribution < 1.29 is 76.5 Å². The van der Waals surface area contributed by atoms with Crippen LogP contribution in [0.5, 0.6) is 0 Å². The summed E-state index contributed by atoms with van der Waals surface area (Å²) in [5.74, 6) is 0. The van der Waals surface area contributed by atoms with Gasteiger partial charge in [-0.05, 0) is 0 Å². The van der Waals surface area contributed by atoms with Crippen LogP contribution in [0.3, 0.4) is 0 Å². The molecule has 0 radical (unpaired) electrons. The van der Waals surface area contributed by atoms with E-state index in [4.69, 9.17) is 45.6 Å². The average molecular weight is 254 g/mol. The summed E-state index contributed by atoms with van der Waals surface area (Å²) < 4.78 is 63.2. The van der Waals surface area contributed by atoms with Crippen LogP contribution in [0.2, 0.25) is 0 Å². The van der Waals surface area contributed by atoms with Gasteiger partial charge in [0.2, 0.25) is 0 Å². The normalized spacial score (nSPS) is 9.38.